The van der Waals surface area contributed by atoms with Crippen LogP contribution in [0.2, 0.25) is 0 Å². The zero-order valence-electron chi connectivity index (χ0n) is 24.8. The van der Waals surface area contributed by atoms with Crippen LogP contribution in [0.3, 0.4) is 0 Å². The van der Waals surface area contributed by atoms with Crippen LogP contribution in [0.15, 0.2) is 84.9 Å². The van der Waals surface area contributed by atoms with Crippen molar-refractivity contribution in [3.8, 4) is 34.1 Å². The Bertz CT molecular complexity index is 1530. The Kier molecular flexibility index (Phi) is 14.8. The summed E-state index contributed by atoms with van der Waals surface area (Å²) < 4.78 is 0. The number of fused-ring (bicyclic) bond motifs is 6. The van der Waals surface area contributed by atoms with Crippen LogP contribution >= 0.6 is 0 Å². The quantitative estimate of drug-likeness (QED) is 0.0778. The van der Waals surface area contributed by atoms with Gasteiger partial charge in [-0.1, -0.05) is 66.2 Å². The molecule has 0 saturated heterocycles. The molecule has 0 saturated carbocycles. The van der Waals surface area contributed by atoms with Crippen molar-refractivity contribution < 1.29 is 44.8 Å². The Morgan fingerprint density at radius 2 is 0.952 bits per heavy atom. The molecule has 224 valence electrons. The Hall–Kier alpha value is -2.60. The Morgan fingerprint density at radius 3 is 1.50 bits per heavy atom. The normalized spacial score (nSPS) is 11.0. The first-order valence-electron chi connectivity index (χ1n) is 14.0. The predicted molar refractivity (Wildman–Crippen MR) is 168 cm³/mol. The molecule has 0 aromatic heterocycles. The first kappa shape index (κ1) is 35.6. The molecular formula is C38H38Au2N2-2. The van der Waals surface area contributed by atoms with Crippen molar-refractivity contribution in [3.63, 3.8) is 0 Å². The molecule has 2 aliphatic carbocycles. The van der Waals surface area contributed by atoms with Gasteiger partial charge < -0.3 is 22.6 Å². The van der Waals surface area contributed by atoms with Crippen LogP contribution in [0.4, 0.5) is 0 Å². The van der Waals surface area contributed by atoms with Gasteiger partial charge in [0.25, 0.3) is 0 Å². The first-order valence-corrected chi connectivity index (χ1v) is 14.0. The maximum atomic E-state index is 7.14. The fraction of sp³-hybridized carbons (Fsp3) is 0.263. The number of rotatable bonds is 5. The summed E-state index contributed by atoms with van der Waals surface area (Å²) >= 11 is 0. The van der Waals surface area contributed by atoms with Crippen LogP contribution in [0.1, 0.15) is 46.2 Å². The van der Waals surface area contributed by atoms with E-state index in [1.54, 1.807) is 0 Å². The Balaban J connectivity index is 0.000000221. The van der Waals surface area contributed by atoms with Crippen molar-refractivity contribution >= 4 is 0 Å². The monoisotopic (exact) mass is 916 g/mol. The van der Waals surface area contributed by atoms with Crippen LogP contribution in [0, 0.1) is 24.7 Å². The van der Waals surface area contributed by atoms with Gasteiger partial charge in [-0.05, 0) is 106 Å². The Labute approximate surface area is 284 Å². The Morgan fingerprint density at radius 1 is 0.524 bits per heavy atom. The van der Waals surface area contributed by atoms with Gasteiger partial charge in [-0.3, -0.25) is 11.8 Å². The third kappa shape index (κ3) is 9.45. The van der Waals surface area contributed by atoms with Crippen molar-refractivity contribution in [2.45, 2.75) is 25.7 Å². The fourth-order valence-corrected chi connectivity index (χ4v) is 5.28. The van der Waals surface area contributed by atoms with E-state index in [0.29, 0.717) is 0 Å². The molecule has 0 bridgehead atoms. The van der Waals surface area contributed by atoms with Crippen molar-refractivity contribution in [2.75, 3.05) is 41.3 Å². The molecule has 0 fully saturated rings. The zero-order valence-corrected chi connectivity index (χ0v) is 29.2. The molecule has 0 N–H and O–H groups in total. The summed E-state index contributed by atoms with van der Waals surface area (Å²) in [6, 6.07) is 29.2. The van der Waals surface area contributed by atoms with Gasteiger partial charge in [-0.25, -0.2) is 0 Å². The molecule has 2 radical (unpaired) electrons. The minimum atomic E-state index is 0. The minimum absolute atomic E-state index is 0. The van der Waals surface area contributed by atoms with Crippen LogP contribution in [-0.2, 0) is 57.6 Å². The van der Waals surface area contributed by atoms with Crippen molar-refractivity contribution in [1.29, 1.82) is 0 Å². The topological polar surface area (TPSA) is 6.48 Å². The van der Waals surface area contributed by atoms with E-state index in [2.05, 4.69) is 117 Å². The standard InChI is InChI=1S/2C15H9.C8H20N2.2Au/c1-2-11-7-8-15-13(9-11)10-12-5-3-4-6-14(12)15;1-2-11-7-8-13-10-12-5-3-4-6-14(12)15(13)9-11;1-9(2)7-5-6-8-10(3)4;;/h2*3-9H,10H2;5-8H2,1-4H3;;/q2*-1;;;. The summed E-state index contributed by atoms with van der Waals surface area (Å²) in [7, 11) is 8.48. The number of benzene rings is 4. The average molecular weight is 917 g/mol. The summed E-state index contributed by atoms with van der Waals surface area (Å²) in [6.07, 6.45) is 18.9. The number of hydrogen-bond donors (Lipinski definition) is 0. The molecule has 42 heavy (non-hydrogen) atoms. The molecule has 0 heterocycles. The van der Waals surface area contributed by atoms with Gasteiger partial charge in [0.05, 0.1) is 0 Å². The SMILES string of the molecule is CN(C)CCCCN(C)C.[Au].[Au].[C-]#Cc1ccc2c(c1)-c1ccccc1C2.[C-]#Cc1ccc2c(c1)Cc1ccccc1-2. The van der Waals surface area contributed by atoms with E-state index in [1.807, 2.05) is 18.2 Å². The van der Waals surface area contributed by atoms with E-state index < -0.39 is 0 Å². The molecule has 2 aliphatic rings. The smallest absolute Gasteiger partial charge is 0 e. The number of nitrogens with zero attached hydrogens (tertiary/aromatic N) is 2. The number of unbranched alkanes of at least 4 members (excludes halogenated alkanes) is 1. The molecule has 0 amide bonds. The zero-order chi connectivity index (χ0) is 28.5. The molecule has 2 nitrogen and oxygen atoms in total. The molecule has 4 heteroatoms. The second-order valence-electron chi connectivity index (χ2n) is 11.0. The summed E-state index contributed by atoms with van der Waals surface area (Å²) in [5.74, 6) is 4.87. The van der Waals surface area contributed by atoms with Gasteiger partial charge in [0.15, 0.2) is 0 Å². The minimum Gasteiger partial charge on any atom is -0.366 e. The molecule has 0 spiro atoms. The van der Waals surface area contributed by atoms with E-state index in [-0.39, 0.29) is 44.8 Å². The second kappa shape index (κ2) is 17.5. The predicted octanol–water partition coefficient (Wildman–Crippen LogP) is 7.28. The van der Waals surface area contributed by atoms with Gasteiger partial charge >= 0.3 is 0 Å². The van der Waals surface area contributed by atoms with E-state index in [0.717, 1.165) is 24.0 Å². The molecule has 0 atom stereocenters. The third-order valence-corrected chi connectivity index (χ3v) is 7.34. The number of hydrogen-bond acceptors (Lipinski definition) is 2. The molecule has 0 aliphatic heterocycles. The van der Waals surface area contributed by atoms with Gasteiger partial charge in [0, 0.05) is 44.8 Å². The molecular weight excluding hydrogens is 878 g/mol. The van der Waals surface area contributed by atoms with E-state index in [1.165, 1.54) is 70.4 Å². The molecule has 0 unspecified atom stereocenters. The van der Waals surface area contributed by atoms with Crippen molar-refractivity contribution in [2.24, 2.45) is 0 Å². The van der Waals surface area contributed by atoms with E-state index in [9.17, 15) is 0 Å². The third-order valence-electron chi connectivity index (χ3n) is 7.34. The molecule has 4 aromatic rings. The van der Waals surface area contributed by atoms with E-state index in [4.69, 9.17) is 12.8 Å². The van der Waals surface area contributed by atoms with E-state index >= 15 is 0 Å². The summed E-state index contributed by atoms with van der Waals surface area (Å²) in [6.45, 7) is 2.43. The second-order valence-corrected chi connectivity index (χ2v) is 11.0. The van der Waals surface area contributed by atoms with Crippen LogP contribution in [-0.4, -0.2) is 51.1 Å². The summed E-state index contributed by atoms with van der Waals surface area (Å²) in [4.78, 5) is 4.46. The fourth-order valence-electron chi connectivity index (χ4n) is 5.28. The van der Waals surface area contributed by atoms with Crippen LogP contribution in [0.5, 0.6) is 0 Å². The largest absolute Gasteiger partial charge is 0.366 e. The van der Waals surface area contributed by atoms with Gasteiger partial charge in [-0.2, -0.15) is 0 Å². The van der Waals surface area contributed by atoms with Gasteiger partial charge in [0.1, 0.15) is 0 Å². The van der Waals surface area contributed by atoms with Crippen molar-refractivity contribution in [3.05, 3.63) is 131 Å². The maximum absolute atomic E-state index is 7.14. The first-order chi connectivity index (χ1) is 19.4. The van der Waals surface area contributed by atoms with Gasteiger partial charge in [0.2, 0.25) is 0 Å². The van der Waals surface area contributed by atoms with Crippen LogP contribution < -0.4 is 0 Å². The van der Waals surface area contributed by atoms with Crippen molar-refractivity contribution in [1.82, 2.24) is 9.80 Å². The molecule has 4 aromatic carbocycles. The van der Waals surface area contributed by atoms with Crippen LogP contribution in [0.25, 0.3) is 22.3 Å². The average Bonchev–Trinajstić information content (AvgIpc) is 3.53. The molecule has 6 rings (SSSR count). The van der Waals surface area contributed by atoms with Gasteiger partial charge in [-0.15, -0.1) is 35.4 Å². The maximum Gasteiger partial charge on any atom is 0 e. The summed E-state index contributed by atoms with van der Waals surface area (Å²) in [5.41, 5.74) is 12.4. The summed E-state index contributed by atoms with van der Waals surface area (Å²) in [5, 5.41) is 0.